The lowest BCUT2D eigenvalue weighted by molar-refractivity contribution is 0.475. The summed E-state index contributed by atoms with van der Waals surface area (Å²) in [5, 5.41) is 0.673. The molecule has 84 valence electrons. The first kappa shape index (κ1) is 12.7. The maximum atomic E-state index is 12.0. The van der Waals surface area contributed by atoms with Gasteiger partial charge in [-0.3, -0.25) is 0 Å². The van der Waals surface area contributed by atoms with Gasteiger partial charge in [-0.1, -0.05) is 48.0 Å². The Morgan fingerprint density at radius 2 is 1.73 bits per heavy atom. The summed E-state index contributed by atoms with van der Waals surface area (Å²) in [7, 11) is -3.16. The van der Waals surface area contributed by atoms with Gasteiger partial charge in [0.25, 0.3) is 0 Å². The van der Waals surface area contributed by atoms with Crippen LogP contribution in [0.25, 0.3) is 0 Å². The van der Waals surface area contributed by atoms with E-state index in [1.807, 2.05) is 19.9 Å². The van der Waals surface area contributed by atoms with Gasteiger partial charge in [-0.2, -0.15) is 0 Å². The van der Waals surface area contributed by atoms with Gasteiger partial charge in [-0.05, 0) is 17.5 Å². The van der Waals surface area contributed by atoms with Gasteiger partial charge >= 0.3 is 0 Å². The van der Waals surface area contributed by atoms with E-state index in [0.29, 0.717) is 10.2 Å². The number of alkyl halides is 1. The molecule has 0 atom stereocenters. The molecule has 0 amide bonds. The predicted molar refractivity (Wildman–Crippen MR) is 66.1 cm³/mol. The summed E-state index contributed by atoms with van der Waals surface area (Å²) >= 11 is 3.33. The molecule has 0 aliphatic rings. The Morgan fingerprint density at radius 1 is 1.20 bits per heavy atom. The summed E-state index contributed by atoms with van der Waals surface area (Å²) in [4.78, 5) is 0.402. The molecule has 4 heteroatoms. The average molecular weight is 291 g/mol. The van der Waals surface area contributed by atoms with Crippen LogP contribution >= 0.6 is 15.9 Å². The molecule has 0 aromatic heterocycles. The summed E-state index contributed by atoms with van der Waals surface area (Å²) in [5.74, 6) is 0.162. The van der Waals surface area contributed by atoms with Crippen LogP contribution in [-0.2, 0) is 9.84 Å². The number of benzene rings is 1. The predicted octanol–water partition coefficient (Wildman–Crippen LogP) is 2.88. The van der Waals surface area contributed by atoms with Crippen LogP contribution in [0.15, 0.2) is 35.2 Å². The molecule has 1 rings (SSSR count). The van der Waals surface area contributed by atoms with Gasteiger partial charge in [0, 0.05) is 5.33 Å². The van der Waals surface area contributed by atoms with Crippen molar-refractivity contribution < 1.29 is 8.42 Å². The Hall–Kier alpha value is -0.350. The number of hydrogen-bond donors (Lipinski definition) is 0. The summed E-state index contributed by atoms with van der Waals surface area (Å²) < 4.78 is 24.0. The van der Waals surface area contributed by atoms with Crippen molar-refractivity contribution in [3.05, 3.63) is 30.3 Å². The molecule has 0 bridgehead atoms. The zero-order valence-electron chi connectivity index (χ0n) is 8.90. The van der Waals surface area contributed by atoms with Gasteiger partial charge in [0.1, 0.15) is 0 Å². The van der Waals surface area contributed by atoms with Crippen molar-refractivity contribution in [2.24, 2.45) is 5.41 Å². The second kappa shape index (κ2) is 4.66. The van der Waals surface area contributed by atoms with Gasteiger partial charge < -0.3 is 0 Å². The summed E-state index contributed by atoms with van der Waals surface area (Å²) in [6.45, 7) is 3.87. The summed E-state index contributed by atoms with van der Waals surface area (Å²) in [5.41, 5.74) is -0.241. The van der Waals surface area contributed by atoms with Gasteiger partial charge in [-0.25, -0.2) is 8.42 Å². The fourth-order valence-electron chi connectivity index (χ4n) is 1.26. The number of rotatable bonds is 4. The van der Waals surface area contributed by atoms with E-state index in [1.165, 1.54) is 0 Å². The van der Waals surface area contributed by atoms with Crippen molar-refractivity contribution in [1.82, 2.24) is 0 Å². The Kier molecular flexibility index (Phi) is 3.95. The zero-order chi connectivity index (χ0) is 11.5. The Balaban J connectivity index is 2.96. The van der Waals surface area contributed by atoms with Crippen LogP contribution in [0.1, 0.15) is 13.8 Å². The maximum absolute atomic E-state index is 12.0. The minimum absolute atomic E-state index is 0.162. The highest BCUT2D eigenvalue weighted by Crippen LogP contribution is 2.24. The fourth-order valence-corrected chi connectivity index (χ4v) is 3.59. The highest BCUT2D eigenvalue weighted by atomic mass is 79.9. The molecule has 1 aromatic carbocycles. The van der Waals surface area contributed by atoms with E-state index < -0.39 is 9.84 Å². The minimum Gasteiger partial charge on any atom is -0.224 e. The second-order valence-electron chi connectivity index (χ2n) is 4.37. The maximum Gasteiger partial charge on any atom is 0.178 e. The number of sulfone groups is 1. The summed E-state index contributed by atoms with van der Waals surface area (Å²) in [6, 6.07) is 8.58. The Bertz CT molecular complexity index is 409. The molecule has 0 N–H and O–H groups in total. The molecule has 0 saturated carbocycles. The lowest BCUT2D eigenvalue weighted by Crippen LogP contribution is -2.25. The molecular weight excluding hydrogens is 276 g/mol. The smallest absolute Gasteiger partial charge is 0.178 e. The first-order chi connectivity index (χ1) is 6.87. The third-order valence-electron chi connectivity index (χ3n) is 2.04. The van der Waals surface area contributed by atoms with Crippen LogP contribution in [0, 0.1) is 5.41 Å². The molecular formula is C11H15BrO2S. The van der Waals surface area contributed by atoms with E-state index in [-0.39, 0.29) is 11.2 Å². The molecule has 0 heterocycles. The van der Waals surface area contributed by atoms with Crippen molar-refractivity contribution in [2.45, 2.75) is 18.7 Å². The minimum atomic E-state index is -3.16. The van der Waals surface area contributed by atoms with E-state index in [4.69, 9.17) is 0 Å². The first-order valence-electron chi connectivity index (χ1n) is 4.71. The lowest BCUT2D eigenvalue weighted by atomic mass is 10.0. The average Bonchev–Trinajstić information content (AvgIpc) is 2.18. The van der Waals surface area contributed by atoms with E-state index in [0.717, 1.165) is 0 Å². The van der Waals surface area contributed by atoms with Crippen LogP contribution in [0.3, 0.4) is 0 Å². The molecule has 0 saturated heterocycles. The Morgan fingerprint density at radius 3 is 2.20 bits per heavy atom. The molecule has 2 nitrogen and oxygen atoms in total. The highest BCUT2D eigenvalue weighted by molar-refractivity contribution is 9.09. The van der Waals surface area contributed by atoms with Gasteiger partial charge in [-0.15, -0.1) is 0 Å². The van der Waals surface area contributed by atoms with Crippen molar-refractivity contribution in [3.8, 4) is 0 Å². The second-order valence-corrected chi connectivity index (χ2v) is 6.92. The third-order valence-corrected chi connectivity index (χ3v) is 5.71. The zero-order valence-corrected chi connectivity index (χ0v) is 11.3. The van der Waals surface area contributed by atoms with Crippen LogP contribution in [0.2, 0.25) is 0 Å². The lowest BCUT2D eigenvalue weighted by Gasteiger charge is -2.21. The number of halogens is 1. The van der Waals surface area contributed by atoms with E-state index in [2.05, 4.69) is 15.9 Å². The standard InChI is InChI=1S/C11H15BrO2S/c1-11(2,8-12)9-15(13,14)10-6-4-3-5-7-10/h3-7H,8-9H2,1-2H3. The molecule has 0 aliphatic carbocycles. The number of hydrogen-bond acceptors (Lipinski definition) is 2. The van der Waals surface area contributed by atoms with Crippen LogP contribution in [-0.4, -0.2) is 19.5 Å². The van der Waals surface area contributed by atoms with Crippen LogP contribution < -0.4 is 0 Å². The third kappa shape index (κ3) is 3.61. The largest absolute Gasteiger partial charge is 0.224 e. The van der Waals surface area contributed by atoms with Crippen LogP contribution in [0.4, 0.5) is 0 Å². The van der Waals surface area contributed by atoms with Gasteiger partial charge in [0.15, 0.2) is 9.84 Å². The first-order valence-corrected chi connectivity index (χ1v) is 7.48. The molecule has 15 heavy (non-hydrogen) atoms. The van der Waals surface area contributed by atoms with Crippen LogP contribution in [0.5, 0.6) is 0 Å². The van der Waals surface area contributed by atoms with Crippen molar-refractivity contribution in [2.75, 3.05) is 11.1 Å². The normalized spacial score (nSPS) is 12.7. The molecule has 0 aliphatic heterocycles. The molecule has 1 aromatic rings. The monoisotopic (exact) mass is 290 g/mol. The highest BCUT2D eigenvalue weighted by Gasteiger charge is 2.26. The van der Waals surface area contributed by atoms with Crippen molar-refractivity contribution >= 4 is 25.8 Å². The summed E-state index contributed by atoms with van der Waals surface area (Å²) in [6.07, 6.45) is 0. The van der Waals surface area contributed by atoms with E-state index in [9.17, 15) is 8.42 Å². The Labute approximate surface area is 99.7 Å². The van der Waals surface area contributed by atoms with Gasteiger partial charge in [0.05, 0.1) is 10.6 Å². The quantitative estimate of drug-likeness (QED) is 0.799. The van der Waals surface area contributed by atoms with E-state index >= 15 is 0 Å². The molecule has 0 fully saturated rings. The molecule has 0 radical (unpaired) electrons. The van der Waals surface area contributed by atoms with Gasteiger partial charge in [0.2, 0.25) is 0 Å². The molecule has 0 unspecified atom stereocenters. The SMILES string of the molecule is CC(C)(CBr)CS(=O)(=O)c1ccccc1. The van der Waals surface area contributed by atoms with E-state index in [1.54, 1.807) is 24.3 Å². The molecule has 0 spiro atoms. The van der Waals surface area contributed by atoms with Crippen molar-refractivity contribution in [1.29, 1.82) is 0 Å². The van der Waals surface area contributed by atoms with Crippen molar-refractivity contribution in [3.63, 3.8) is 0 Å². The topological polar surface area (TPSA) is 34.1 Å². The fraction of sp³-hybridized carbons (Fsp3) is 0.455.